The highest BCUT2D eigenvalue weighted by Crippen LogP contribution is 2.30. The molecule has 7 heteroatoms. The number of carbonyl (C=O) groups is 1. The number of imidazole rings is 2. The van der Waals surface area contributed by atoms with E-state index >= 15 is 0 Å². The zero-order chi connectivity index (χ0) is 27.4. The summed E-state index contributed by atoms with van der Waals surface area (Å²) >= 11 is 0. The number of aromatic nitrogens is 4. The van der Waals surface area contributed by atoms with Gasteiger partial charge < -0.3 is 18.8 Å². The van der Waals surface area contributed by atoms with Gasteiger partial charge in [-0.3, -0.25) is 4.79 Å². The number of hydrogen-bond acceptors (Lipinski definition) is 4. The third-order valence-corrected chi connectivity index (χ3v) is 8.13. The van der Waals surface area contributed by atoms with Crippen LogP contribution in [0.15, 0.2) is 54.7 Å². The maximum Gasteiger partial charge on any atom is 0.222 e. The fourth-order valence-electron chi connectivity index (χ4n) is 5.91. The summed E-state index contributed by atoms with van der Waals surface area (Å²) in [6.07, 6.45) is 6.41. The number of piperidine rings is 1. The minimum Gasteiger partial charge on any atom is -0.385 e. The molecule has 2 aromatic carbocycles. The first-order chi connectivity index (χ1) is 18.9. The van der Waals surface area contributed by atoms with E-state index in [4.69, 9.17) is 9.72 Å². The number of fused-ring (bicyclic) bond motifs is 1. The topological polar surface area (TPSA) is 65.2 Å². The summed E-state index contributed by atoms with van der Waals surface area (Å²) < 4.78 is 9.77. The van der Waals surface area contributed by atoms with Crippen LogP contribution in [0.4, 0.5) is 0 Å². The molecule has 206 valence electrons. The smallest absolute Gasteiger partial charge is 0.222 e. The van der Waals surface area contributed by atoms with Crippen molar-refractivity contribution >= 4 is 16.9 Å². The molecule has 3 heterocycles. The molecule has 0 N–H and O–H groups in total. The molecule has 1 fully saturated rings. The van der Waals surface area contributed by atoms with Crippen molar-refractivity contribution in [1.82, 2.24) is 24.0 Å². The van der Waals surface area contributed by atoms with Gasteiger partial charge in [0, 0.05) is 52.7 Å². The van der Waals surface area contributed by atoms with E-state index in [1.54, 1.807) is 7.11 Å². The van der Waals surface area contributed by atoms with Crippen molar-refractivity contribution in [2.24, 2.45) is 13.0 Å². The Balaban J connectivity index is 1.21. The Morgan fingerprint density at radius 3 is 2.69 bits per heavy atom. The second-order valence-corrected chi connectivity index (χ2v) is 11.1. The van der Waals surface area contributed by atoms with Crippen LogP contribution in [-0.4, -0.2) is 56.7 Å². The predicted molar refractivity (Wildman–Crippen MR) is 156 cm³/mol. The molecule has 1 amide bonds. The molecule has 0 bridgehead atoms. The largest absolute Gasteiger partial charge is 0.385 e. The number of benzene rings is 2. The fourth-order valence-corrected chi connectivity index (χ4v) is 5.91. The summed E-state index contributed by atoms with van der Waals surface area (Å²) in [5.41, 5.74) is 5.75. The molecular formula is C32H41N5O2. The predicted octanol–water partition coefficient (Wildman–Crippen LogP) is 5.76. The summed E-state index contributed by atoms with van der Waals surface area (Å²) in [5.74, 6) is 2.92. The van der Waals surface area contributed by atoms with Gasteiger partial charge in [-0.1, -0.05) is 43.3 Å². The van der Waals surface area contributed by atoms with E-state index in [1.807, 2.05) is 26.2 Å². The number of carbonyl (C=O) groups excluding carboxylic acids is 1. The average molecular weight is 528 g/mol. The summed E-state index contributed by atoms with van der Waals surface area (Å²) in [6, 6.07) is 17.0. The summed E-state index contributed by atoms with van der Waals surface area (Å²) in [4.78, 5) is 24.9. The van der Waals surface area contributed by atoms with Crippen LogP contribution < -0.4 is 0 Å². The van der Waals surface area contributed by atoms with Gasteiger partial charge in [-0.05, 0) is 61.8 Å². The Labute approximate surface area is 231 Å². The van der Waals surface area contributed by atoms with Crippen LogP contribution in [-0.2, 0) is 29.5 Å². The normalized spacial score (nSPS) is 16.6. The van der Waals surface area contributed by atoms with Gasteiger partial charge in [-0.15, -0.1) is 0 Å². The molecule has 7 nitrogen and oxygen atoms in total. The SMILES string of the molecule is COCCCn1c([C@@H]2CCCN(C(=O)C[C@H](C)Cc3ccc(-c4cnc(C)n4C)cc3)C2)nc2ccccc21. The number of methoxy groups -OCH3 is 1. The zero-order valence-corrected chi connectivity index (χ0v) is 23.8. The van der Waals surface area contributed by atoms with Crippen LogP contribution in [0.25, 0.3) is 22.3 Å². The van der Waals surface area contributed by atoms with Crippen molar-refractivity contribution in [3.05, 3.63) is 71.9 Å². The van der Waals surface area contributed by atoms with Crippen LogP contribution in [0, 0.1) is 12.8 Å². The quantitative estimate of drug-likeness (QED) is 0.246. The first kappa shape index (κ1) is 27.1. The Morgan fingerprint density at radius 2 is 1.95 bits per heavy atom. The maximum absolute atomic E-state index is 13.4. The molecule has 5 rings (SSSR count). The van der Waals surface area contributed by atoms with Gasteiger partial charge in [0.15, 0.2) is 0 Å². The number of amides is 1. The van der Waals surface area contributed by atoms with Gasteiger partial charge in [0.25, 0.3) is 0 Å². The standard InChI is InChI=1S/C32H41N5O2/c1-23(19-25-12-14-26(15-13-25)30-21-33-24(2)35(30)3)20-31(38)36-16-7-9-27(22-36)32-34-28-10-5-6-11-29(28)37(32)17-8-18-39-4/h5-6,10-15,21,23,27H,7-9,16-20,22H2,1-4H3/t23-,27-/m1/s1. The molecule has 2 aromatic heterocycles. The van der Waals surface area contributed by atoms with Gasteiger partial charge in [-0.25, -0.2) is 9.97 Å². The summed E-state index contributed by atoms with van der Waals surface area (Å²) in [6.45, 7) is 7.39. The fraction of sp³-hybridized carbons (Fsp3) is 0.469. The van der Waals surface area contributed by atoms with E-state index in [2.05, 4.69) is 68.4 Å². The van der Waals surface area contributed by atoms with Gasteiger partial charge >= 0.3 is 0 Å². The molecule has 0 spiro atoms. The van der Waals surface area contributed by atoms with Crippen molar-refractivity contribution in [2.75, 3.05) is 26.8 Å². The number of likely N-dealkylation sites (tertiary alicyclic amines) is 1. The number of rotatable bonds is 10. The van der Waals surface area contributed by atoms with Crippen molar-refractivity contribution in [3.8, 4) is 11.3 Å². The van der Waals surface area contributed by atoms with Crippen molar-refractivity contribution < 1.29 is 9.53 Å². The molecule has 1 saturated heterocycles. The lowest BCUT2D eigenvalue weighted by Crippen LogP contribution is -2.40. The molecular weight excluding hydrogens is 486 g/mol. The Kier molecular flexibility index (Phi) is 8.46. The number of hydrogen-bond donors (Lipinski definition) is 0. The molecule has 1 aliphatic heterocycles. The van der Waals surface area contributed by atoms with E-state index in [0.29, 0.717) is 6.42 Å². The van der Waals surface area contributed by atoms with Crippen LogP contribution in [0.1, 0.15) is 55.7 Å². The van der Waals surface area contributed by atoms with Gasteiger partial charge in [0.1, 0.15) is 11.6 Å². The highest BCUT2D eigenvalue weighted by molar-refractivity contribution is 5.77. The third kappa shape index (κ3) is 6.09. The second-order valence-electron chi connectivity index (χ2n) is 11.1. The first-order valence-electron chi connectivity index (χ1n) is 14.2. The van der Waals surface area contributed by atoms with Crippen molar-refractivity contribution in [2.45, 2.75) is 58.4 Å². The molecule has 0 aliphatic carbocycles. The summed E-state index contributed by atoms with van der Waals surface area (Å²) in [5, 5.41) is 0. The minimum absolute atomic E-state index is 0.260. The highest BCUT2D eigenvalue weighted by Gasteiger charge is 2.29. The first-order valence-corrected chi connectivity index (χ1v) is 14.2. The summed E-state index contributed by atoms with van der Waals surface area (Å²) in [7, 11) is 3.79. The molecule has 39 heavy (non-hydrogen) atoms. The molecule has 2 atom stereocenters. The molecule has 0 radical (unpaired) electrons. The third-order valence-electron chi connectivity index (χ3n) is 8.13. The lowest BCUT2D eigenvalue weighted by molar-refractivity contribution is -0.133. The lowest BCUT2D eigenvalue weighted by Gasteiger charge is -2.33. The van der Waals surface area contributed by atoms with Crippen LogP contribution >= 0.6 is 0 Å². The van der Waals surface area contributed by atoms with Crippen molar-refractivity contribution in [1.29, 1.82) is 0 Å². The monoisotopic (exact) mass is 527 g/mol. The molecule has 0 saturated carbocycles. The Hall–Kier alpha value is -3.45. The zero-order valence-electron chi connectivity index (χ0n) is 23.8. The van der Waals surface area contributed by atoms with Crippen molar-refractivity contribution in [3.63, 3.8) is 0 Å². The van der Waals surface area contributed by atoms with Gasteiger partial charge in [0.2, 0.25) is 5.91 Å². The maximum atomic E-state index is 13.4. The van der Waals surface area contributed by atoms with Crippen LogP contribution in [0.3, 0.4) is 0 Å². The molecule has 0 unspecified atom stereocenters. The number of nitrogens with zero attached hydrogens (tertiary/aromatic N) is 5. The highest BCUT2D eigenvalue weighted by atomic mass is 16.5. The van der Waals surface area contributed by atoms with E-state index < -0.39 is 0 Å². The second kappa shape index (κ2) is 12.2. The number of ether oxygens (including phenoxy) is 1. The van der Waals surface area contributed by atoms with Crippen LogP contribution in [0.5, 0.6) is 0 Å². The Morgan fingerprint density at radius 1 is 1.15 bits per heavy atom. The number of aryl methyl sites for hydroxylation is 2. The van der Waals surface area contributed by atoms with Gasteiger partial charge in [-0.2, -0.15) is 0 Å². The molecule has 4 aromatic rings. The minimum atomic E-state index is 0.260. The lowest BCUT2D eigenvalue weighted by atomic mass is 9.94. The van der Waals surface area contributed by atoms with E-state index in [9.17, 15) is 4.79 Å². The molecule has 1 aliphatic rings. The van der Waals surface area contributed by atoms with E-state index in [1.165, 1.54) is 11.1 Å². The Bertz CT molecular complexity index is 1400. The van der Waals surface area contributed by atoms with Crippen LogP contribution in [0.2, 0.25) is 0 Å². The van der Waals surface area contributed by atoms with Gasteiger partial charge in [0.05, 0.1) is 22.9 Å². The number of para-hydroxylation sites is 2. The average Bonchev–Trinajstić information content (AvgIpc) is 3.49. The van der Waals surface area contributed by atoms with E-state index in [-0.39, 0.29) is 17.7 Å². The van der Waals surface area contributed by atoms with E-state index in [0.717, 1.165) is 80.3 Å².